The quantitative estimate of drug-likeness (QED) is 0.279. The minimum absolute atomic E-state index is 0.00817. The number of nitro groups is 1. The summed E-state index contributed by atoms with van der Waals surface area (Å²) in [6.07, 6.45) is 0. The van der Waals surface area contributed by atoms with Gasteiger partial charge in [0.2, 0.25) is 0 Å². The molecule has 2 atom stereocenters. The van der Waals surface area contributed by atoms with E-state index in [4.69, 9.17) is 4.98 Å². The number of fused-ring (bicyclic) bond motifs is 2. The zero-order valence-corrected chi connectivity index (χ0v) is 19.3. The first-order valence-corrected chi connectivity index (χ1v) is 11.6. The van der Waals surface area contributed by atoms with Crippen molar-refractivity contribution in [3.8, 4) is 11.1 Å². The monoisotopic (exact) mass is 464 g/mol. The Morgan fingerprint density at radius 2 is 1.20 bits per heavy atom. The van der Waals surface area contributed by atoms with E-state index in [-0.39, 0.29) is 22.7 Å². The highest BCUT2D eigenvalue weighted by Gasteiger charge is 2.39. The molecule has 0 saturated carbocycles. The second-order valence-electron chi connectivity index (χ2n) is 8.81. The summed E-state index contributed by atoms with van der Waals surface area (Å²) in [4.78, 5) is 16.1. The number of non-ortho nitro benzene ring substituents is 1. The fourth-order valence-corrected chi connectivity index (χ4v) is 5.00. The number of para-hydroxylation sites is 2. The molecule has 35 heavy (non-hydrogen) atoms. The van der Waals surface area contributed by atoms with E-state index in [1.807, 2.05) is 82.8 Å². The van der Waals surface area contributed by atoms with Crippen molar-refractivity contribution in [2.75, 3.05) is 10.0 Å². The molecule has 3 aromatic carbocycles. The topological polar surface area (TPSA) is 86.6 Å². The van der Waals surface area contributed by atoms with Crippen LogP contribution in [-0.2, 0) is 0 Å². The van der Waals surface area contributed by atoms with Crippen molar-refractivity contribution in [1.82, 2.24) is 15.8 Å². The maximum Gasteiger partial charge on any atom is 0.269 e. The Labute approximate surface area is 202 Å². The van der Waals surface area contributed by atoms with Crippen LogP contribution in [0.1, 0.15) is 37.1 Å². The van der Waals surface area contributed by atoms with Crippen LogP contribution in [0.15, 0.2) is 84.9 Å². The van der Waals surface area contributed by atoms with E-state index in [1.165, 1.54) is 0 Å². The average molecular weight is 465 g/mol. The number of aromatic nitrogens is 1. The third-order valence-electron chi connectivity index (χ3n) is 6.56. The summed E-state index contributed by atoms with van der Waals surface area (Å²) in [5, 5.41) is 15.3. The van der Waals surface area contributed by atoms with Gasteiger partial charge in [0.1, 0.15) is 0 Å². The first kappa shape index (κ1) is 21.3. The van der Waals surface area contributed by atoms with Crippen LogP contribution < -0.4 is 20.9 Å². The molecule has 6 rings (SSSR count). The van der Waals surface area contributed by atoms with E-state index in [0.29, 0.717) is 0 Å². The summed E-state index contributed by atoms with van der Waals surface area (Å²) < 4.78 is 0. The normalized spacial score (nSPS) is 18.5. The Hall–Kier alpha value is -4.27. The number of benzene rings is 3. The number of nitro benzene ring substituents is 1. The van der Waals surface area contributed by atoms with Crippen LogP contribution in [-0.4, -0.2) is 9.91 Å². The molecule has 0 bridgehead atoms. The van der Waals surface area contributed by atoms with Crippen LogP contribution in [0.4, 0.5) is 28.7 Å². The third-order valence-corrected chi connectivity index (χ3v) is 6.56. The van der Waals surface area contributed by atoms with Crippen LogP contribution in [0.25, 0.3) is 11.1 Å². The van der Waals surface area contributed by atoms with Crippen LogP contribution in [0, 0.1) is 10.1 Å². The van der Waals surface area contributed by atoms with Gasteiger partial charge in [-0.25, -0.2) is 15.8 Å². The van der Waals surface area contributed by atoms with Crippen molar-refractivity contribution in [3.05, 3.63) is 106 Å². The van der Waals surface area contributed by atoms with E-state index in [1.54, 1.807) is 12.1 Å². The van der Waals surface area contributed by atoms with E-state index in [2.05, 4.69) is 24.7 Å². The molecule has 4 aromatic rings. The highest BCUT2D eigenvalue weighted by Crippen LogP contribution is 2.50. The van der Waals surface area contributed by atoms with Crippen molar-refractivity contribution in [1.29, 1.82) is 0 Å². The molecule has 2 unspecified atom stereocenters. The minimum atomic E-state index is -0.367. The summed E-state index contributed by atoms with van der Waals surface area (Å²) in [6.45, 7) is 4.24. The van der Waals surface area contributed by atoms with Crippen molar-refractivity contribution in [2.45, 2.75) is 25.9 Å². The highest BCUT2D eigenvalue weighted by atomic mass is 16.6. The molecule has 0 radical (unpaired) electrons. The number of nitrogens with one attached hydrogen (secondary N) is 2. The number of hydrazine groups is 2. The second kappa shape index (κ2) is 8.19. The summed E-state index contributed by atoms with van der Waals surface area (Å²) in [5.74, 6) is 1.65. The maximum atomic E-state index is 11.3. The highest BCUT2D eigenvalue weighted by molar-refractivity contribution is 5.87. The molecule has 8 heteroatoms. The van der Waals surface area contributed by atoms with Gasteiger partial charge < -0.3 is 0 Å². The molecule has 174 valence electrons. The van der Waals surface area contributed by atoms with Crippen LogP contribution in [0.5, 0.6) is 0 Å². The van der Waals surface area contributed by atoms with Gasteiger partial charge >= 0.3 is 0 Å². The third kappa shape index (κ3) is 3.42. The van der Waals surface area contributed by atoms with Gasteiger partial charge in [-0.15, -0.1) is 0 Å². The molecule has 2 aliphatic heterocycles. The van der Waals surface area contributed by atoms with Gasteiger partial charge in [0.05, 0.1) is 28.4 Å². The van der Waals surface area contributed by atoms with Gasteiger partial charge in [-0.3, -0.25) is 20.1 Å². The summed E-state index contributed by atoms with van der Waals surface area (Å²) in [5.41, 5.74) is 13.3. The number of hydrogen-bond acceptors (Lipinski definition) is 7. The Bertz CT molecular complexity index is 1330. The Morgan fingerprint density at radius 1 is 0.743 bits per heavy atom. The summed E-state index contributed by atoms with van der Waals surface area (Å²) in [7, 11) is 0. The van der Waals surface area contributed by atoms with Crippen molar-refractivity contribution in [3.63, 3.8) is 0 Å². The molecule has 0 saturated heterocycles. The van der Waals surface area contributed by atoms with E-state index in [9.17, 15) is 10.1 Å². The van der Waals surface area contributed by atoms with E-state index < -0.39 is 0 Å². The molecule has 0 spiro atoms. The predicted octanol–water partition coefficient (Wildman–Crippen LogP) is 6.09. The Balaban J connectivity index is 1.61. The number of hydrogen-bond donors (Lipinski definition) is 2. The lowest BCUT2D eigenvalue weighted by molar-refractivity contribution is -0.384. The average Bonchev–Trinajstić information content (AvgIpc) is 3.40. The van der Waals surface area contributed by atoms with Crippen molar-refractivity contribution < 1.29 is 4.92 Å². The zero-order valence-electron chi connectivity index (χ0n) is 19.3. The Kier molecular flexibility index (Phi) is 4.98. The van der Waals surface area contributed by atoms with E-state index in [0.717, 1.165) is 45.3 Å². The largest absolute Gasteiger partial charge is 0.269 e. The molecule has 0 fully saturated rings. The molecule has 2 N–H and O–H groups in total. The van der Waals surface area contributed by atoms with Crippen molar-refractivity contribution in [2.24, 2.45) is 0 Å². The van der Waals surface area contributed by atoms with Gasteiger partial charge in [-0.1, -0.05) is 36.4 Å². The lowest BCUT2D eigenvalue weighted by Gasteiger charge is -2.22. The van der Waals surface area contributed by atoms with Crippen LogP contribution >= 0.6 is 0 Å². The lowest BCUT2D eigenvalue weighted by Crippen LogP contribution is -2.30. The van der Waals surface area contributed by atoms with Gasteiger partial charge in [-0.05, 0) is 61.4 Å². The number of rotatable bonds is 4. The molecular formula is C27H24N6O2. The molecular weight excluding hydrogens is 440 g/mol. The SMILES string of the molecule is CC1NN(c2ccccc2)c2nc3c(c(-c4ccc([N+](=O)[O-])cc4)c21)C(C)NN3c1ccccc1. The van der Waals surface area contributed by atoms with Crippen LogP contribution in [0.3, 0.4) is 0 Å². The van der Waals surface area contributed by atoms with E-state index >= 15 is 0 Å². The van der Waals surface area contributed by atoms with Crippen LogP contribution in [0.2, 0.25) is 0 Å². The molecule has 8 nitrogen and oxygen atoms in total. The standard InChI is InChI=1S/C27H24N6O2/c1-17-23-25(19-13-15-22(16-14-19)33(34)35)24-18(2)30-32(21-11-7-4-8-12-21)27(24)28-26(23)31(29-17)20-9-5-3-6-10-20/h3-18,29-30H,1-2H3. The first-order chi connectivity index (χ1) is 17.0. The first-order valence-electron chi connectivity index (χ1n) is 11.6. The predicted molar refractivity (Wildman–Crippen MR) is 137 cm³/mol. The van der Waals surface area contributed by atoms with Gasteiger partial charge in [-0.2, -0.15) is 0 Å². The molecule has 0 amide bonds. The molecule has 3 heterocycles. The smallest absolute Gasteiger partial charge is 0.259 e. The van der Waals surface area contributed by atoms with Crippen molar-refractivity contribution >= 4 is 28.7 Å². The number of pyridine rings is 1. The second-order valence-corrected chi connectivity index (χ2v) is 8.81. The summed E-state index contributed by atoms with van der Waals surface area (Å²) >= 11 is 0. The van der Waals surface area contributed by atoms with Gasteiger partial charge in [0.15, 0.2) is 11.6 Å². The molecule has 1 aromatic heterocycles. The fourth-order valence-electron chi connectivity index (χ4n) is 5.00. The Morgan fingerprint density at radius 3 is 1.63 bits per heavy atom. The molecule has 0 aliphatic carbocycles. The zero-order chi connectivity index (χ0) is 24.1. The van der Waals surface area contributed by atoms with Gasteiger partial charge in [0, 0.05) is 23.3 Å². The summed E-state index contributed by atoms with van der Waals surface area (Å²) in [6, 6.07) is 27.0. The number of anilines is 4. The minimum Gasteiger partial charge on any atom is -0.259 e. The lowest BCUT2D eigenvalue weighted by atomic mass is 9.90. The number of nitrogens with zero attached hydrogens (tertiary/aromatic N) is 4. The molecule has 2 aliphatic rings. The maximum absolute atomic E-state index is 11.3. The fraction of sp³-hybridized carbons (Fsp3) is 0.148. The van der Waals surface area contributed by atoms with Gasteiger partial charge in [0.25, 0.3) is 5.69 Å².